The van der Waals surface area contributed by atoms with E-state index in [1.165, 1.54) is 5.56 Å². The van der Waals surface area contributed by atoms with Gasteiger partial charge in [-0.05, 0) is 50.0 Å². The molecule has 0 aliphatic rings. The van der Waals surface area contributed by atoms with Crippen LogP contribution in [0.3, 0.4) is 0 Å². The molecular formula is C11H11Br2N3S. The molecule has 1 atom stereocenters. The van der Waals surface area contributed by atoms with Gasteiger partial charge in [0.15, 0.2) is 0 Å². The zero-order valence-corrected chi connectivity index (χ0v) is 13.1. The Morgan fingerprint density at radius 3 is 2.59 bits per heavy atom. The second-order valence-electron chi connectivity index (χ2n) is 3.44. The highest BCUT2D eigenvalue weighted by Gasteiger charge is 2.18. The minimum Gasteiger partial charge on any atom is -0.306 e. The van der Waals surface area contributed by atoms with Crippen LogP contribution in [0, 0.1) is 0 Å². The first kappa shape index (κ1) is 13.1. The maximum Gasteiger partial charge on any atom is 0.115 e. The summed E-state index contributed by atoms with van der Waals surface area (Å²) >= 11 is 8.77. The molecular weight excluding hydrogens is 366 g/mol. The molecule has 17 heavy (non-hydrogen) atoms. The van der Waals surface area contributed by atoms with E-state index < -0.39 is 0 Å². The molecule has 0 spiro atoms. The fourth-order valence-corrected chi connectivity index (χ4v) is 4.52. The Bertz CT molecular complexity index is 487. The molecule has 90 valence electrons. The normalized spacial score (nSPS) is 12.6. The molecule has 0 amide bonds. The number of hydrogen-bond acceptors (Lipinski definition) is 4. The largest absolute Gasteiger partial charge is 0.306 e. The van der Waals surface area contributed by atoms with Gasteiger partial charge in [-0.3, -0.25) is 0 Å². The first-order chi connectivity index (χ1) is 8.22. The van der Waals surface area contributed by atoms with Crippen molar-refractivity contribution in [1.29, 1.82) is 0 Å². The summed E-state index contributed by atoms with van der Waals surface area (Å²) in [6.07, 6.45) is 5.24. The second-order valence-corrected chi connectivity index (χ2v) is 7.19. The zero-order chi connectivity index (χ0) is 12.3. The van der Waals surface area contributed by atoms with Crippen molar-refractivity contribution in [2.75, 3.05) is 6.54 Å². The molecule has 6 heteroatoms. The number of halogens is 2. The number of nitrogens with zero attached hydrogens (tertiary/aromatic N) is 2. The molecule has 2 rings (SSSR count). The first-order valence-corrected chi connectivity index (χ1v) is 7.55. The van der Waals surface area contributed by atoms with Crippen molar-refractivity contribution < 1.29 is 0 Å². The van der Waals surface area contributed by atoms with Crippen LogP contribution in [0.2, 0.25) is 0 Å². The molecule has 2 aromatic heterocycles. The summed E-state index contributed by atoms with van der Waals surface area (Å²) in [5.41, 5.74) is 2.28. The smallest absolute Gasteiger partial charge is 0.115 e. The Labute approximate surface area is 121 Å². The predicted molar refractivity (Wildman–Crippen MR) is 77.3 cm³/mol. The summed E-state index contributed by atoms with van der Waals surface area (Å²) in [4.78, 5) is 8.15. The number of aromatic nitrogens is 2. The lowest BCUT2D eigenvalue weighted by Gasteiger charge is -2.17. The van der Waals surface area contributed by atoms with Gasteiger partial charge in [-0.15, -0.1) is 11.3 Å². The van der Waals surface area contributed by atoms with Gasteiger partial charge in [0.25, 0.3) is 0 Å². The van der Waals surface area contributed by atoms with Gasteiger partial charge in [-0.1, -0.05) is 6.92 Å². The van der Waals surface area contributed by atoms with Gasteiger partial charge in [-0.25, -0.2) is 9.97 Å². The van der Waals surface area contributed by atoms with E-state index in [-0.39, 0.29) is 6.04 Å². The third-order valence-electron chi connectivity index (χ3n) is 2.32. The molecule has 0 aromatic carbocycles. The maximum absolute atomic E-state index is 4.08. The van der Waals surface area contributed by atoms with Crippen LogP contribution in [-0.4, -0.2) is 16.5 Å². The van der Waals surface area contributed by atoms with E-state index in [4.69, 9.17) is 0 Å². The van der Waals surface area contributed by atoms with Crippen molar-refractivity contribution in [2.24, 2.45) is 0 Å². The fraction of sp³-hybridized carbons (Fsp3) is 0.273. The third-order valence-corrected chi connectivity index (χ3v) is 4.70. The average molecular weight is 377 g/mol. The van der Waals surface area contributed by atoms with E-state index in [1.807, 2.05) is 12.4 Å². The Morgan fingerprint density at radius 1 is 1.35 bits per heavy atom. The molecule has 1 unspecified atom stereocenters. The van der Waals surface area contributed by atoms with Crippen molar-refractivity contribution in [3.63, 3.8) is 0 Å². The molecule has 0 aliphatic heterocycles. The predicted octanol–water partition coefficient (Wildman–Crippen LogP) is 3.76. The van der Waals surface area contributed by atoms with Gasteiger partial charge in [0.2, 0.25) is 0 Å². The summed E-state index contributed by atoms with van der Waals surface area (Å²) in [5.74, 6) is 0. The molecule has 1 N–H and O–H groups in total. The fourth-order valence-electron chi connectivity index (χ4n) is 1.62. The lowest BCUT2D eigenvalue weighted by Crippen LogP contribution is -2.22. The summed E-state index contributed by atoms with van der Waals surface area (Å²) in [5, 5.41) is 3.45. The zero-order valence-electron chi connectivity index (χ0n) is 9.15. The van der Waals surface area contributed by atoms with Crippen molar-refractivity contribution in [1.82, 2.24) is 15.3 Å². The van der Waals surface area contributed by atoms with E-state index in [0.717, 1.165) is 19.7 Å². The van der Waals surface area contributed by atoms with Crippen LogP contribution in [0.15, 0.2) is 32.4 Å². The lowest BCUT2D eigenvalue weighted by atomic mass is 10.0. The average Bonchev–Trinajstić information content (AvgIpc) is 2.66. The molecule has 3 nitrogen and oxygen atoms in total. The highest BCUT2D eigenvalue weighted by atomic mass is 79.9. The van der Waals surface area contributed by atoms with Crippen LogP contribution in [0.25, 0.3) is 0 Å². The molecule has 0 bridgehead atoms. The van der Waals surface area contributed by atoms with E-state index in [9.17, 15) is 0 Å². The second kappa shape index (κ2) is 6.04. The van der Waals surface area contributed by atoms with E-state index in [1.54, 1.807) is 17.7 Å². The van der Waals surface area contributed by atoms with Crippen LogP contribution >= 0.6 is 43.2 Å². The number of nitrogens with one attached hydrogen (secondary N) is 1. The lowest BCUT2D eigenvalue weighted by molar-refractivity contribution is 0.626. The quantitative estimate of drug-likeness (QED) is 0.882. The van der Waals surface area contributed by atoms with Gasteiger partial charge < -0.3 is 5.32 Å². The van der Waals surface area contributed by atoms with Crippen LogP contribution in [0.4, 0.5) is 0 Å². The minimum atomic E-state index is 0.123. The SMILES string of the molecule is CCNC(c1cncnc1)c1cc(Br)sc1Br. The van der Waals surface area contributed by atoms with Crippen molar-refractivity contribution in [2.45, 2.75) is 13.0 Å². The van der Waals surface area contributed by atoms with Crippen LogP contribution in [0.1, 0.15) is 24.1 Å². The molecule has 0 aliphatic carbocycles. The van der Waals surface area contributed by atoms with Gasteiger partial charge >= 0.3 is 0 Å². The molecule has 0 saturated carbocycles. The Balaban J connectivity index is 2.39. The van der Waals surface area contributed by atoms with Crippen LogP contribution in [0.5, 0.6) is 0 Å². The Hall–Kier alpha value is -0.300. The molecule has 0 radical (unpaired) electrons. The molecule has 2 aromatic rings. The van der Waals surface area contributed by atoms with E-state index >= 15 is 0 Å². The Kier molecular flexibility index (Phi) is 4.67. The molecule has 0 fully saturated rings. The summed E-state index contributed by atoms with van der Waals surface area (Å²) < 4.78 is 2.23. The van der Waals surface area contributed by atoms with E-state index in [0.29, 0.717) is 0 Å². The topological polar surface area (TPSA) is 37.8 Å². The maximum atomic E-state index is 4.08. The molecule has 0 saturated heterocycles. The highest BCUT2D eigenvalue weighted by molar-refractivity contribution is 9.12. The van der Waals surface area contributed by atoms with Gasteiger partial charge in [0, 0.05) is 18.0 Å². The minimum absolute atomic E-state index is 0.123. The summed E-state index contributed by atoms with van der Waals surface area (Å²) in [6.45, 7) is 2.98. The van der Waals surface area contributed by atoms with Gasteiger partial charge in [0.1, 0.15) is 6.33 Å². The standard InChI is InChI=1S/C11H11Br2N3S/c1-2-16-10(7-4-14-6-15-5-7)8-3-9(12)17-11(8)13/h3-6,10,16H,2H2,1H3. The highest BCUT2D eigenvalue weighted by Crippen LogP contribution is 2.37. The third kappa shape index (κ3) is 3.13. The molecule has 2 heterocycles. The summed E-state index contributed by atoms with van der Waals surface area (Å²) in [6, 6.07) is 2.24. The van der Waals surface area contributed by atoms with Crippen LogP contribution in [-0.2, 0) is 0 Å². The van der Waals surface area contributed by atoms with Gasteiger partial charge in [-0.2, -0.15) is 0 Å². The number of hydrogen-bond donors (Lipinski definition) is 1. The van der Waals surface area contributed by atoms with Crippen molar-refractivity contribution in [3.05, 3.63) is 43.5 Å². The monoisotopic (exact) mass is 375 g/mol. The first-order valence-electron chi connectivity index (χ1n) is 5.15. The van der Waals surface area contributed by atoms with Gasteiger partial charge in [0.05, 0.1) is 13.6 Å². The van der Waals surface area contributed by atoms with E-state index in [2.05, 4.69) is 60.1 Å². The number of rotatable bonds is 4. The Morgan fingerprint density at radius 2 is 2.06 bits per heavy atom. The van der Waals surface area contributed by atoms with Crippen LogP contribution < -0.4 is 5.32 Å². The van der Waals surface area contributed by atoms with Crippen molar-refractivity contribution >= 4 is 43.2 Å². The number of thiophene rings is 1. The van der Waals surface area contributed by atoms with Crippen molar-refractivity contribution in [3.8, 4) is 0 Å². The summed E-state index contributed by atoms with van der Waals surface area (Å²) in [7, 11) is 0.